The Labute approximate surface area is 141 Å². The summed E-state index contributed by atoms with van der Waals surface area (Å²) in [6, 6.07) is 13.5. The monoisotopic (exact) mass is 329 g/mol. The zero-order chi connectivity index (χ0) is 16.3. The van der Waals surface area contributed by atoms with Gasteiger partial charge >= 0.3 is 5.97 Å². The molecule has 1 saturated carbocycles. The summed E-state index contributed by atoms with van der Waals surface area (Å²) in [5, 5.41) is 0.659. The van der Waals surface area contributed by atoms with E-state index in [-0.39, 0.29) is 5.97 Å². The maximum absolute atomic E-state index is 12.4. The highest BCUT2D eigenvalue weighted by Crippen LogP contribution is 2.49. The van der Waals surface area contributed by atoms with E-state index in [4.69, 9.17) is 16.3 Å². The first-order valence-electron chi connectivity index (χ1n) is 7.96. The predicted octanol–water partition coefficient (Wildman–Crippen LogP) is 4.25. The summed E-state index contributed by atoms with van der Waals surface area (Å²) < 4.78 is 5.51. The van der Waals surface area contributed by atoms with Gasteiger partial charge in [-0.05, 0) is 62.4 Å². The van der Waals surface area contributed by atoms with Gasteiger partial charge in [-0.15, -0.1) is 0 Å². The molecular weight excluding hydrogens is 310 g/mol. The van der Waals surface area contributed by atoms with Gasteiger partial charge in [0.15, 0.2) is 0 Å². The van der Waals surface area contributed by atoms with Crippen LogP contribution in [0.3, 0.4) is 0 Å². The molecule has 1 aromatic carbocycles. The van der Waals surface area contributed by atoms with Crippen molar-refractivity contribution in [3.05, 3.63) is 64.4 Å². The number of aryl methyl sites for hydroxylation is 2. The van der Waals surface area contributed by atoms with Gasteiger partial charge in [-0.1, -0.05) is 29.8 Å². The average molecular weight is 330 g/mol. The molecule has 3 rings (SSSR count). The number of aromatic nitrogens is 1. The number of esters is 1. The Bertz CT molecular complexity index is 710. The Balaban J connectivity index is 1.52. The number of ether oxygens (including phenoxy) is 1. The lowest BCUT2D eigenvalue weighted by molar-refractivity contribution is -0.146. The molecule has 1 aliphatic rings. The minimum absolute atomic E-state index is 0.128. The second kappa shape index (κ2) is 6.71. The van der Waals surface area contributed by atoms with Crippen molar-refractivity contribution in [1.82, 2.24) is 4.98 Å². The summed E-state index contributed by atoms with van der Waals surface area (Å²) in [5.74, 6) is -0.128. The van der Waals surface area contributed by atoms with Gasteiger partial charge in [-0.2, -0.15) is 0 Å². The molecule has 1 heterocycles. The zero-order valence-electron chi connectivity index (χ0n) is 13.2. The summed E-state index contributed by atoms with van der Waals surface area (Å²) in [6.07, 6.45) is 3.28. The summed E-state index contributed by atoms with van der Waals surface area (Å²) in [4.78, 5) is 16.9. The number of carbonyl (C=O) groups is 1. The van der Waals surface area contributed by atoms with Crippen molar-refractivity contribution < 1.29 is 9.53 Å². The topological polar surface area (TPSA) is 39.2 Å². The van der Waals surface area contributed by atoms with E-state index in [1.807, 2.05) is 49.4 Å². The van der Waals surface area contributed by atoms with E-state index < -0.39 is 5.41 Å². The molecule has 0 radical (unpaired) electrons. The highest BCUT2D eigenvalue weighted by Gasteiger charge is 2.52. The number of benzene rings is 1. The fourth-order valence-corrected chi connectivity index (χ4v) is 3.01. The third kappa shape index (κ3) is 3.73. The molecule has 0 atom stereocenters. The average Bonchev–Trinajstić information content (AvgIpc) is 3.33. The molecule has 0 amide bonds. The van der Waals surface area contributed by atoms with Crippen LogP contribution < -0.4 is 0 Å². The first-order valence-corrected chi connectivity index (χ1v) is 8.34. The fraction of sp³-hybridized carbons (Fsp3) is 0.368. The highest BCUT2D eigenvalue weighted by atomic mass is 35.5. The molecule has 3 nitrogen and oxygen atoms in total. The molecular formula is C19H20ClNO2. The molecule has 0 unspecified atom stereocenters. The molecule has 0 N–H and O–H groups in total. The second-order valence-corrected chi connectivity index (χ2v) is 6.54. The van der Waals surface area contributed by atoms with E-state index in [2.05, 4.69) is 4.98 Å². The first kappa shape index (κ1) is 16.0. The summed E-state index contributed by atoms with van der Waals surface area (Å²) in [6.45, 7) is 2.40. The molecule has 0 saturated heterocycles. The van der Waals surface area contributed by atoms with Crippen molar-refractivity contribution in [3.63, 3.8) is 0 Å². The van der Waals surface area contributed by atoms with Crippen molar-refractivity contribution in [2.45, 2.75) is 38.0 Å². The largest absolute Gasteiger partial charge is 0.465 e. The van der Waals surface area contributed by atoms with Crippen molar-refractivity contribution in [2.24, 2.45) is 0 Å². The highest BCUT2D eigenvalue weighted by molar-refractivity contribution is 6.30. The number of halogens is 1. The van der Waals surface area contributed by atoms with Gasteiger partial charge in [0.1, 0.15) is 0 Å². The molecule has 120 valence electrons. The smallest absolute Gasteiger partial charge is 0.316 e. The molecule has 1 aliphatic carbocycles. The van der Waals surface area contributed by atoms with Crippen LogP contribution in [0.4, 0.5) is 0 Å². The lowest BCUT2D eigenvalue weighted by Gasteiger charge is -2.15. The van der Waals surface area contributed by atoms with Gasteiger partial charge in [0.25, 0.3) is 0 Å². The number of rotatable bonds is 6. The molecule has 23 heavy (non-hydrogen) atoms. The molecule has 1 aromatic heterocycles. The van der Waals surface area contributed by atoms with Crippen molar-refractivity contribution in [1.29, 1.82) is 0 Å². The quantitative estimate of drug-likeness (QED) is 0.587. The van der Waals surface area contributed by atoms with Gasteiger partial charge < -0.3 is 4.74 Å². The van der Waals surface area contributed by atoms with Crippen LogP contribution in [-0.2, 0) is 21.4 Å². The summed E-state index contributed by atoms with van der Waals surface area (Å²) in [7, 11) is 0. The van der Waals surface area contributed by atoms with Crippen LogP contribution in [0.1, 0.15) is 36.2 Å². The number of hydrogen-bond donors (Lipinski definition) is 0. The molecule has 2 aromatic rings. The van der Waals surface area contributed by atoms with E-state index in [9.17, 15) is 4.79 Å². The Morgan fingerprint density at radius 1 is 1.26 bits per heavy atom. The Kier molecular flexibility index (Phi) is 4.67. The minimum atomic E-state index is -0.466. The van der Waals surface area contributed by atoms with Gasteiger partial charge in [0.05, 0.1) is 12.0 Å². The Morgan fingerprint density at radius 2 is 2.04 bits per heavy atom. The third-order valence-electron chi connectivity index (χ3n) is 4.27. The maximum Gasteiger partial charge on any atom is 0.316 e. The van der Waals surface area contributed by atoms with E-state index in [1.165, 1.54) is 0 Å². The van der Waals surface area contributed by atoms with Crippen LogP contribution in [0, 0.1) is 6.92 Å². The lowest BCUT2D eigenvalue weighted by Crippen LogP contribution is -2.23. The third-order valence-corrected chi connectivity index (χ3v) is 4.51. The van der Waals surface area contributed by atoms with E-state index >= 15 is 0 Å². The van der Waals surface area contributed by atoms with Crippen LogP contribution in [0.2, 0.25) is 5.02 Å². The number of hydrogen-bond acceptors (Lipinski definition) is 3. The molecule has 0 spiro atoms. The fourth-order valence-electron chi connectivity index (χ4n) is 2.82. The van der Waals surface area contributed by atoms with Crippen LogP contribution >= 0.6 is 11.6 Å². The molecule has 0 bridgehead atoms. The van der Waals surface area contributed by atoms with Crippen molar-refractivity contribution in [3.8, 4) is 0 Å². The Morgan fingerprint density at radius 3 is 2.74 bits per heavy atom. The van der Waals surface area contributed by atoms with Crippen LogP contribution in [0.15, 0.2) is 42.5 Å². The van der Waals surface area contributed by atoms with Gasteiger partial charge in [-0.3, -0.25) is 9.78 Å². The number of pyridine rings is 1. The SMILES string of the molecule is Cc1cccc(CCCOC(=O)C2(c3cccc(Cl)c3)CC2)n1. The number of carbonyl (C=O) groups excluding carboxylic acids is 1. The number of nitrogens with zero attached hydrogens (tertiary/aromatic N) is 1. The first-order chi connectivity index (χ1) is 11.1. The van der Waals surface area contributed by atoms with Crippen LogP contribution in [-0.4, -0.2) is 17.6 Å². The zero-order valence-corrected chi connectivity index (χ0v) is 14.0. The van der Waals surface area contributed by atoms with Gasteiger partial charge in [0, 0.05) is 16.4 Å². The normalized spacial score (nSPS) is 15.2. The van der Waals surface area contributed by atoms with Crippen LogP contribution in [0.5, 0.6) is 0 Å². The van der Waals surface area contributed by atoms with E-state index in [0.29, 0.717) is 11.6 Å². The second-order valence-electron chi connectivity index (χ2n) is 6.10. The summed E-state index contributed by atoms with van der Waals surface area (Å²) in [5.41, 5.74) is 2.55. The van der Waals surface area contributed by atoms with E-state index in [1.54, 1.807) is 0 Å². The van der Waals surface area contributed by atoms with Crippen molar-refractivity contribution in [2.75, 3.05) is 6.61 Å². The van der Waals surface area contributed by atoms with Gasteiger partial charge in [0.2, 0.25) is 0 Å². The van der Waals surface area contributed by atoms with Gasteiger partial charge in [-0.25, -0.2) is 0 Å². The van der Waals surface area contributed by atoms with E-state index in [0.717, 1.165) is 42.6 Å². The molecule has 0 aliphatic heterocycles. The standard InChI is InChI=1S/C19H20ClNO2/c1-14-5-2-8-17(21-14)9-4-12-23-18(22)19(10-11-19)15-6-3-7-16(20)13-15/h2-3,5-8,13H,4,9-12H2,1H3. The van der Waals surface area contributed by atoms with Crippen LogP contribution in [0.25, 0.3) is 0 Å². The predicted molar refractivity (Wildman–Crippen MR) is 90.6 cm³/mol. The minimum Gasteiger partial charge on any atom is -0.465 e. The molecule has 1 fully saturated rings. The maximum atomic E-state index is 12.4. The summed E-state index contributed by atoms with van der Waals surface area (Å²) >= 11 is 6.03. The molecule has 4 heteroatoms. The lowest BCUT2D eigenvalue weighted by atomic mass is 9.96. The van der Waals surface area contributed by atoms with Crippen molar-refractivity contribution >= 4 is 17.6 Å². The Hall–Kier alpha value is -1.87.